The molecule has 1 heterocycles. The van der Waals surface area contributed by atoms with Gasteiger partial charge in [-0.3, -0.25) is 4.79 Å². The van der Waals surface area contributed by atoms with Crippen LogP contribution in [0.15, 0.2) is 48.7 Å². The molecule has 7 N–H and O–H groups in total. The number of nitrogens with zero attached hydrogens (tertiary/aromatic N) is 1. The van der Waals surface area contributed by atoms with E-state index in [-0.39, 0.29) is 5.69 Å². The van der Waals surface area contributed by atoms with Crippen LogP contribution in [0.1, 0.15) is 0 Å². The van der Waals surface area contributed by atoms with E-state index in [1.807, 2.05) is 30.3 Å². The van der Waals surface area contributed by atoms with Crippen LogP contribution < -0.4 is 10.6 Å². The van der Waals surface area contributed by atoms with E-state index in [4.69, 9.17) is 5.11 Å². The molecule has 0 radical (unpaired) electrons. The first-order valence-electron chi connectivity index (χ1n) is 7.84. The number of benzene rings is 1. The van der Waals surface area contributed by atoms with Crippen molar-refractivity contribution in [3.8, 4) is 0 Å². The van der Waals surface area contributed by atoms with Gasteiger partial charge in [-0.15, -0.1) is 0 Å². The molecule has 4 unspecified atom stereocenters. The monoisotopic (exact) mass is 363 g/mol. The molecule has 0 saturated heterocycles. The summed E-state index contributed by atoms with van der Waals surface area (Å²) in [6.07, 6.45) is -6.19. The second-order valence-electron chi connectivity index (χ2n) is 5.59. The largest absolute Gasteiger partial charge is 0.394 e. The SMILES string of the molecule is O=C(Nc1ccc(Nc2ccccc2)nc1)C(O)C(O)C(O)C(O)CO. The molecule has 26 heavy (non-hydrogen) atoms. The van der Waals surface area contributed by atoms with Gasteiger partial charge in [0.2, 0.25) is 0 Å². The zero-order valence-corrected chi connectivity index (χ0v) is 13.7. The number of carbonyl (C=O) groups is 1. The van der Waals surface area contributed by atoms with Crippen molar-refractivity contribution in [3.63, 3.8) is 0 Å². The number of rotatable bonds is 8. The fraction of sp³-hybridized carbons (Fsp3) is 0.294. The quantitative estimate of drug-likeness (QED) is 0.321. The highest BCUT2D eigenvalue weighted by molar-refractivity contribution is 5.94. The number of amides is 1. The molecule has 1 aromatic heterocycles. The van der Waals surface area contributed by atoms with Crippen molar-refractivity contribution in [2.24, 2.45) is 0 Å². The Morgan fingerprint density at radius 3 is 2.23 bits per heavy atom. The van der Waals surface area contributed by atoms with Crippen LogP contribution in [0.25, 0.3) is 0 Å². The summed E-state index contributed by atoms with van der Waals surface area (Å²) >= 11 is 0. The van der Waals surface area contributed by atoms with Crippen LogP contribution in [0.5, 0.6) is 0 Å². The van der Waals surface area contributed by atoms with Crippen molar-refractivity contribution in [1.82, 2.24) is 4.98 Å². The summed E-state index contributed by atoms with van der Waals surface area (Å²) in [6.45, 7) is -0.827. The third-order valence-corrected chi connectivity index (χ3v) is 3.60. The lowest BCUT2D eigenvalue weighted by atomic mass is 10.0. The molecule has 0 saturated carbocycles. The predicted molar refractivity (Wildman–Crippen MR) is 93.7 cm³/mol. The normalized spacial score (nSPS) is 15.6. The highest BCUT2D eigenvalue weighted by Gasteiger charge is 2.34. The molecule has 0 spiro atoms. The second-order valence-corrected chi connectivity index (χ2v) is 5.59. The lowest BCUT2D eigenvalue weighted by molar-refractivity contribution is -0.144. The molecule has 2 rings (SSSR count). The van der Waals surface area contributed by atoms with Gasteiger partial charge >= 0.3 is 0 Å². The minimum Gasteiger partial charge on any atom is -0.394 e. The van der Waals surface area contributed by atoms with Crippen LogP contribution in [0.4, 0.5) is 17.2 Å². The van der Waals surface area contributed by atoms with Gasteiger partial charge in [0, 0.05) is 5.69 Å². The summed E-state index contributed by atoms with van der Waals surface area (Å²) in [5, 5.41) is 52.3. The van der Waals surface area contributed by atoms with Gasteiger partial charge in [0.25, 0.3) is 5.91 Å². The molecule has 0 aliphatic rings. The number of aliphatic hydroxyl groups is 5. The Morgan fingerprint density at radius 1 is 0.962 bits per heavy atom. The maximum absolute atomic E-state index is 11.9. The topological polar surface area (TPSA) is 155 Å². The number of hydrogen-bond acceptors (Lipinski definition) is 8. The third-order valence-electron chi connectivity index (χ3n) is 3.60. The lowest BCUT2D eigenvalue weighted by Crippen LogP contribution is -2.50. The minimum absolute atomic E-state index is 0.261. The van der Waals surface area contributed by atoms with E-state index in [2.05, 4.69) is 15.6 Å². The van der Waals surface area contributed by atoms with Gasteiger partial charge in [-0.1, -0.05) is 18.2 Å². The highest BCUT2D eigenvalue weighted by atomic mass is 16.4. The zero-order valence-electron chi connectivity index (χ0n) is 13.7. The van der Waals surface area contributed by atoms with Gasteiger partial charge in [-0.05, 0) is 24.3 Å². The lowest BCUT2D eigenvalue weighted by Gasteiger charge is -2.24. The molecule has 0 bridgehead atoms. The average molecular weight is 363 g/mol. The second kappa shape index (κ2) is 9.22. The maximum Gasteiger partial charge on any atom is 0.256 e. The Labute approximate surface area is 149 Å². The van der Waals surface area contributed by atoms with Gasteiger partial charge in [0.15, 0.2) is 6.10 Å². The van der Waals surface area contributed by atoms with Crippen molar-refractivity contribution in [2.45, 2.75) is 24.4 Å². The molecule has 2 aromatic rings. The smallest absolute Gasteiger partial charge is 0.256 e. The molecule has 4 atom stereocenters. The fourth-order valence-corrected chi connectivity index (χ4v) is 2.10. The van der Waals surface area contributed by atoms with Crippen LogP contribution in [0.2, 0.25) is 0 Å². The summed E-state index contributed by atoms with van der Waals surface area (Å²) < 4.78 is 0. The maximum atomic E-state index is 11.9. The Balaban J connectivity index is 1.94. The summed E-state index contributed by atoms with van der Waals surface area (Å²) in [5.41, 5.74) is 1.10. The number of carbonyl (C=O) groups excluding carboxylic acids is 1. The number of anilines is 3. The van der Waals surface area contributed by atoms with Crippen LogP contribution in [-0.2, 0) is 4.79 Å². The van der Waals surface area contributed by atoms with Crippen LogP contribution >= 0.6 is 0 Å². The highest BCUT2D eigenvalue weighted by Crippen LogP contribution is 2.16. The Hall–Kier alpha value is -2.56. The number of aliphatic hydroxyl groups excluding tert-OH is 5. The van der Waals surface area contributed by atoms with Crippen LogP contribution in [0, 0.1) is 0 Å². The number of hydrogen-bond donors (Lipinski definition) is 7. The number of aromatic nitrogens is 1. The van der Waals surface area contributed by atoms with E-state index >= 15 is 0 Å². The van der Waals surface area contributed by atoms with E-state index in [0.717, 1.165) is 5.69 Å². The first kappa shape index (κ1) is 19.8. The molecule has 140 valence electrons. The van der Waals surface area contributed by atoms with Gasteiger partial charge in [-0.25, -0.2) is 4.98 Å². The number of para-hydroxylation sites is 1. The van der Waals surface area contributed by atoms with Crippen LogP contribution in [0.3, 0.4) is 0 Å². The van der Waals surface area contributed by atoms with E-state index in [9.17, 15) is 25.2 Å². The first-order valence-corrected chi connectivity index (χ1v) is 7.84. The van der Waals surface area contributed by atoms with Crippen molar-refractivity contribution in [2.75, 3.05) is 17.2 Å². The van der Waals surface area contributed by atoms with Crippen molar-refractivity contribution in [3.05, 3.63) is 48.7 Å². The van der Waals surface area contributed by atoms with Gasteiger partial charge < -0.3 is 36.2 Å². The number of nitrogens with one attached hydrogen (secondary N) is 2. The molecule has 0 aliphatic carbocycles. The van der Waals surface area contributed by atoms with Gasteiger partial charge in [0.1, 0.15) is 24.1 Å². The fourth-order valence-electron chi connectivity index (χ4n) is 2.10. The van der Waals surface area contributed by atoms with E-state index in [1.165, 1.54) is 12.3 Å². The first-order chi connectivity index (χ1) is 12.4. The standard InChI is InChI=1S/C17H21N3O6/c21-9-12(22)14(23)15(24)16(25)17(26)20-11-6-7-13(18-8-11)19-10-4-2-1-3-5-10/h1-8,12,14-16,21-25H,9H2,(H,18,19)(H,20,26). The molecule has 1 amide bonds. The van der Waals surface area contributed by atoms with Gasteiger partial charge in [-0.2, -0.15) is 0 Å². The van der Waals surface area contributed by atoms with E-state index in [1.54, 1.807) is 6.07 Å². The molecule has 9 heteroatoms. The molecular weight excluding hydrogens is 342 g/mol. The average Bonchev–Trinajstić information content (AvgIpc) is 2.67. The van der Waals surface area contributed by atoms with Crippen LogP contribution in [-0.4, -0.2) is 67.4 Å². The van der Waals surface area contributed by atoms with E-state index < -0.39 is 36.9 Å². The minimum atomic E-state index is -2.01. The molecule has 0 aliphatic heterocycles. The zero-order chi connectivity index (χ0) is 19.1. The van der Waals surface area contributed by atoms with Crippen molar-refractivity contribution >= 4 is 23.1 Å². The molecule has 9 nitrogen and oxygen atoms in total. The summed E-state index contributed by atoms with van der Waals surface area (Å²) in [7, 11) is 0. The van der Waals surface area contributed by atoms with Gasteiger partial charge in [0.05, 0.1) is 18.5 Å². The van der Waals surface area contributed by atoms with Crippen molar-refractivity contribution in [1.29, 1.82) is 0 Å². The summed E-state index contributed by atoms with van der Waals surface area (Å²) in [4.78, 5) is 16.0. The Morgan fingerprint density at radius 2 is 1.65 bits per heavy atom. The third kappa shape index (κ3) is 5.22. The number of pyridine rings is 1. The molecule has 1 aromatic carbocycles. The van der Waals surface area contributed by atoms with E-state index in [0.29, 0.717) is 5.82 Å². The molecule has 0 fully saturated rings. The Kier molecular flexibility index (Phi) is 7.01. The Bertz CT molecular complexity index is 697. The predicted octanol–water partition coefficient (Wildman–Crippen LogP) is -0.800. The molecular formula is C17H21N3O6. The van der Waals surface area contributed by atoms with Crippen molar-refractivity contribution < 1.29 is 30.3 Å². The summed E-state index contributed by atoms with van der Waals surface area (Å²) in [5.74, 6) is -0.455. The summed E-state index contributed by atoms with van der Waals surface area (Å²) in [6, 6.07) is 12.5.